The molecule has 0 amide bonds. The van der Waals surface area contributed by atoms with Gasteiger partial charge < -0.3 is 9.53 Å². The highest BCUT2D eigenvalue weighted by Gasteiger charge is 2.36. The van der Waals surface area contributed by atoms with E-state index in [9.17, 15) is 5.11 Å². The van der Waals surface area contributed by atoms with Gasteiger partial charge in [-0.25, -0.2) is 0 Å². The van der Waals surface area contributed by atoms with Crippen LogP contribution in [-0.4, -0.2) is 29.8 Å². The van der Waals surface area contributed by atoms with Crippen LogP contribution >= 0.6 is 0 Å². The first-order valence-electron chi connectivity index (χ1n) is 6.45. The Morgan fingerprint density at radius 2 is 2.00 bits per heavy atom. The van der Waals surface area contributed by atoms with E-state index in [1.165, 1.54) is 0 Å². The fraction of sp³-hybridized carbons (Fsp3) is 0.769. The number of hydrogen-bond acceptors (Lipinski definition) is 3. The standard InChI is InChI=1S/C13H26N2O2Si/c1-11-9-12(10-16)15(14-11)7-8-17-18(5,6)13(2,3)4/h9,16H,7-8,10H2,1-6H3. The Hall–Kier alpha value is -0.653. The first kappa shape index (κ1) is 15.4. The molecule has 0 aliphatic heterocycles. The number of nitrogens with zero attached hydrogens (tertiary/aromatic N) is 2. The predicted molar refractivity (Wildman–Crippen MR) is 76.0 cm³/mol. The number of aliphatic hydroxyl groups excluding tert-OH is 1. The zero-order valence-corrected chi connectivity index (χ0v) is 13.4. The summed E-state index contributed by atoms with van der Waals surface area (Å²) >= 11 is 0. The van der Waals surface area contributed by atoms with Crippen LogP contribution in [0.3, 0.4) is 0 Å². The van der Waals surface area contributed by atoms with Gasteiger partial charge >= 0.3 is 0 Å². The van der Waals surface area contributed by atoms with Crippen molar-refractivity contribution in [1.29, 1.82) is 0 Å². The molecule has 0 bridgehead atoms. The SMILES string of the molecule is Cc1cc(CO)n(CCO[Si](C)(C)C(C)(C)C)n1. The van der Waals surface area contributed by atoms with Crippen molar-refractivity contribution in [3.05, 3.63) is 17.5 Å². The minimum Gasteiger partial charge on any atom is -0.415 e. The summed E-state index contributed by atoms with van der Waals surface area (Å²) in [6.45, 7) is 14.5. The van der Waals surface area contributed by atoms with Gasteiger partial charge in [-0.1, -0.05) is 20.8 Å². The van der Waals surface area contributed by atoms with E-state index in [0.29, 0.717) is 13.2 Å². The molecule has 0 unspecified atom stereocenters. The number of rotatable bonds is 5. The molecule has 0 saturated heterocycles. The summed E-state index contributed by atoms with van der Waals surface area (Å²) < 4.78 is 7.94. The molecule has 4 nitrogen and oxygen atoms in total. The molecule has 0 spiro atoms. The Bertz CT molecular complexity index is 394. The average molecular weight is 270 g/mol. The van der Waals surface area contributed by atoms with Crippen molar-refractivity contribution in [2.45, 2.75) is 59.0 Å². The fourth-order valence-electron chi connectivity index (χ4n) is 1.52. The Balaban J connectivity index is 2.56. The van der Waals surface area contributed by atoms with Crippen molar-refractivity contribution in [2.75, 3.05) is 6.61 Å². The van der Waals surface area contributed by atoms with E-state index in [1.807, 2.05) is 17.7 Å². The van der Waals surface area contributed by atoms with Crippen LogP contribution in [0, 0.1) is 6.92 Å². The van der Waals surface area contributed by atoms with Gasteiger partial charge in [-0.15, -0.1) is 0 Å². The molecule has 1 heterocycles. The smallest absolute Gasteiger partial charge is 0.192 e. The summed E-state index contributed by atoms with van der Waals surface area (Å²) in [6.07, 6.45) is 0. The molecule has 0 aliphatic carbocycles. The van der Waals surface area contributed by atoms with Crippen molar-refractivity contribution < 1.29 is 9.53 Å². The van der Waals surface area contributed by atoms with Crippen LogP contribution in [0.2, 0.25) is 18.1 Å². The van der Waals surface area contributed by atoms with Gasteiger partial charge in [0, 0.05) is 0 Å². The minimum atomic E-state index is -1.68. The maximum absolute atomic E-state index is 9.23. The highest BCUT2D eigenvalue weighted by Crippen LogP contribution is 2.36. The van der Waals surface area contributed by atoms with E-state index < -0.39 is 8.32 Å². The number of aromatic nitrogens is 2. The number of hydrogen-bond donors (Lipinski definition) is 1. The third-order valence-corrected chi connectivity index (χ3v) is 8.26. The highest BCUT2D eigenvalue weighted by molar-refractivity contribution is 6.74. The van der Waals surface area contributed by atoms with Crippen LogP contribution in [0.15, 0.2) is 6.07 Å². The molecule has 104 valence electrons. The van der Waals surface area contributed by atoms with Crippen molar-refractivity contribution in [2.24, 2.45) is 0 Å². The van der Waals surface area contributed by atoms with E-state index in [-0.39, 0.29) is 11.6 Å². The van der Waals surface area contributed by atoms with E-state index in [2.05, 4.69) is 39.0 Å². The molecule has 0 aromatic carbocycles. The van der Waals surface area contributed by atoms with Gasteiger partial charge in [-0.05, 0) is 31.1 Å². The molecule has 1 N–H and O–H groups in total. The molecule has 18 heavy (non-hydrogen) atoms. The molecule has 1 aromatic heterocycles. The zero-order valence-electron chi connectivity index (χ0n) is 12.4. The lowest BCUT2D eigenvalue weighted by atomic mass is 10.2. The van der Waals surface area contributed by atoms with Crippen molar-refractivity contribution in [3.8, 4) is 0 Å². The van der Waals surface area contributed by atoms with Gasteiger partial charge in [0.25, 0.3) is 0 Å². The Morgan fingerprint density at radius 3 is 2.50 bits per heavy atom. The molecular formula is C13H26N2O2Si. The summed E-state index contributed by atoms with van der Waals surface area (Å²) in [5.74, 6) is 0. The lowest BCUT2D eigenvalue weighted by molar-refractivity contribution is 0.243. The lowest BCUT2D eigenvalue weighted by Gasteiger charge is -2.36. The van der Waals surface area contributed by atoms with E-state index in [1.54, 1.807) is 0 Å². The highest BCUT2D eigenvalue weighted by atomic mass is 28.4. The molecule has 1 aromatic rings. The van der Waals surface area contributed by atoms with Gasteiger partial charge in [0.1, 0.15) is 0 Å². The van der Waals surface area contributed by atoms with Gasteiger partial charge in [0.2, 0.25) is 0 Å². The Labute approximate surface area is 111 Å². The second kappa shape index (κ2) is 5.55. The zero-order chi connectivity index (χ0) is 14.0. The maximum Gasteiger partial charge on any atom is 0.192 e. The third kappa shape index (κ3) is 3.67. The molecule has 0 atom stereocenters. The Morgan fingerprint density at radius 1 is 1.39 bits per heavy atom. The van der Waals surface area contributed by atoms with Crippen LogP contribution in [-0.2, 0) is 17.6 Å². The maximum atomic E-state index is 9.23. The first-order chi connectivity index (χ1) is 8.17. The van der Waals surface area contributed by atoms with E-state index in [4.69, 9.17) is 4.43 Å². The lowest BCUT2D eigenvalue weighted by Crippen LogP contribution is -2.41. The molecular weight excluding hydrogens is 244 g/mol. The van der Waals surface area contributed by atoms with Crippen LogP contribution in [0.25, 0.3) is 0 Å². The molecule has 1 rings (SSSR count). The van der Waals surface area contributed by atoms with E-state index >= 15 is 0 Å². The molecule has 0 fully saturated rings. The van der Waals surface area contributed by atoms with Crippen LogP contribution in [0.4, 0.5) is 0 Å². The summed E-state index contributed by atoms with van der Waals surface area (Å²) in [5, 5.41) is 13.8. The predicted octanol–water partition coefficient (Wildman–Crippen LogP) is 2.71. The summed E-state index contributed by atoms with van der Waals surface area (Å²) in [7, 11) is -1.68. The molecule has 0 aliphatic rings. The largest absolute Gasteiger partial charge is 0.415 e. The number of aryl methyl sites for hydroxylation is 1. The first-order valence-corrected chi connectivity index (χ1v) is 9.36. The van der Waals surface area contributed by atoms with Gasteiger partial charge in [0.15, 0.2) is 8.32 Å². The van der Waals surface area contributed by atoms with Crippen LogP contribution in [0.1, 0.15) is 32.2 Å². The van der Waals surface area contributed by atoms with Gasteiger partial charge in [0.05, 0.1) is 31.1 Å². The summed E-state index contributed by atoms with van der Waals surface area (Å²) in [6, 6.07) is 1.91. The third-order valence-electron chi connectivity index (χ3n) is 3.72. The second-order valence-corrected chi connectivity index (χ2v) is 11.1. The number of aliphatic hydroxyl groups is 1. The van der Waals surface area contributed by atoms with Crippen molar-refractivity contribution in [1.82, 2.24) is 9.78 Å². The minimum absolute atomic E-state index is 0.0287. The quantitative estimate of drug-likeness (QED) is 0.837. The van der Waals surface area contributed by atoms with Crippen LogP contribution < -0.4 is 0 Å². The molecule has 0 saturated carbocycles. The summed E-state index contributed by atoms with van der Waals surface area (Å²) in [5.41, 5.74) is 1.79. The van der Waals surface area contributed by atoms with Crippen LogP contribution in [0.5, 0.6) is 0 Å². The fourth-order valence-corrected chi connectivity index (χ4v) is 2.56. The van der Waals surface area contributed by atoms with Gasteiger partial charge in [-0.3, -0.25) is 4.68 Å². The molecule has 0 radical (unpaired) electrons. The molecule has 5 heteroatoms. The van der Waals surface area contributed by atoms with E-state index in [0.717, 1.165) is 11.4 Å². The monoisotopic (exact) mass is 270 g/mol. The van der Waals surface area contributed by atoms with Crippen molar-refractivity contribution >= 4 is 8.32 Å². The van der Waals surface area contributed by atoms with Crippen molar-refractivity contribution in [3.63, 3.8) is 0 Å². The average Bonchev–Trinajstić information content (AvgIpc) is 2.57. The van der Waals surface area contributed by atoms with Gasteiger partial charge in [-0.2, -0.15) is 5.10 Å². The topological polar surface area (TPSA) is 47.3 Å². The second-order valence-electron chi connectivity index (χ2n) is 6.27. The Kier molecular flexibility index (Phi) is 4.75. The summed E-state index contributed by atoms with van der Waals surface area (Å²) in [4.78, 5) is 0. The normalized spacial score (nSPS) is 13.1.